The molecule has 23 heavy (non-hydrogen) atoms. The van der Waals surface area contributed by atoms with Crippen molar-refractivity contribution in [2.75, 3.05) is 46.4 Å². The standard InChI is InChI=1S/C16H31N5O2/c1-20-6-2-3-13(20)16-18-15(19-23-16)12-4-5-14(17-11-12)21-7-9-22-10-8-21/h12-19H,2-11H2,1H3. The van der Waals surface area contributed by atoms with Gasteiger partial charge in [0, 0.05) is 25.6 Å². The van der Waals surface area contributed by atoms with E-state index in [0.717, 1.165) is 32.8 Å². The van der Waals surface area contributed by atoms with Crippen molar-refractivity contribution in [1.29, 1.82) is 0 Å². The van der Waals surface area contributed by atoms with E-state index in [1.807, 2.05) is 0 Å². The second kappa shape index (κ2) is 7.31. The molecule has 0 aromatic rings. The van der Waals surface area contributed by atoms with Crippen molar-refractivity contribution in [3.05, 3.63) is 0 Å². The molecule has 5 atom stereocenters. The molecule has 4 rings (SSSR count). The molecule has 4 saturated heterocycles. The first-order valence-electron chi connectivity index (χ1n) is 9.24. The van der Waals surface area contributed by atoms with Gasteiger partial charge in [0.1, 0.15) is 6.23 Å². The van der Waals surface area contributed by atoms with E-state index in [9.17, 15) is 0 Å². The summed E-state index contributed by atoms with van der Waals surface area (Å²) in [5.41, 5.74) is 3.26. The molecule has 0 amide bonds. The average Bonchev–Trinajstić information content (AvgIpc) is 3.24. The van der Waals surface area contributed by atoms with E-state index < -0.39 is 0 Å². The molecule has 0 aromatic heterocycles. The van der Waals surface area contributed by atoms with Crippen LogP contribution in [-0.2, 0) is 9.57 Å². The molecule has 0 bridgehead atoms. The summed E-state index contributed by atoms with van der Waals surface area (Å²) in [6, 6.07) is 0.505. The lowest BCUT2D eigenvalue weighted by molar-refractivity contribution is -0.0223. The summed E-state index contributed by atoms with van der Waals surface area (Å²) in [5.74, 6) is 0.587. The fraction of sp³-hybridized carbons (Fsp3) is 1.00. The normalized spacial score (nSPS) is 44.0. The Balaban J connectivity index is 1.24. The number of morpholine rings is 1. The highest BCUT2D eigenvalue weighted by atomic mass is 16.7. The minimum Gasteiger partial charge on any atom is -0.379 e. The average molecular weight is 325 g/mol. The van der Waals surface area contributed by atoms with Gasteiger partial charge >= 0.3 is 0 Å². The number of likely N-dealkylation sites (tertiary alicyclic amines) is 1. The van der Waals surface area contributed by atoms with E-state index >= 15 is 0 Å². The molecular weight excluding hydrogens is 294 g/mol. The molecule has 0 aromatic carbocycles. The molecule has 4 heterocycles. The molecule has 4 fully saturated rings. The third-order valence-electron chi connectivity index (χ3n) is 5.98. The number of ether oxygens (including phenoxy) is 1. The van der Waals surface area contributed by atoms with Gasteiger partial charge in [-0.05, 0) is 39.3 Å². The van der Waals surface area contributed by atoms with Crippen molar-refractivity contribution in [2.24, 2.45) is 5.92 Å². The van der Waals surface area contributed by atoms with Crippen LogP contribution in [0.5, 0.6) is 0 Å². The minimum atomic E-state index is 0.129. The Labute approximate surface area is 139 Å². The first kappa shape index (κ1) is 16.2. The predicted molar refractivity (Wildman–Crippen MR) is 87.5 cm³/mol. The number of piperidine rings is 1. The van der Waals surface area contributed by atoms with E-state index in [1.54, 1.807) is 0 Å². The fourth-order valence-electron chi connectivity index (χ4n) is 4.48. The Morgan fingerprint density at radius 2 is 1.91 bits per heavy atom. The first-order valence-corrected chi connectivity index (χ1v) is 9.24. The number of nitrogens with one attached hydrogen (secondary N) is 3. The first-order chi connectivity index (χ1) is 11.3. The molecule has 5 unspecified atom stereocenters. The Hall–Kier alpha value is -0.280. The van der Waals surface area contributed by atoms with Crippen molar-refractivity contribution in [3.8, 4) is 0 Å². The SMILES string of the molecule is CN1CCCC1C1NC(C2CCC(N3CCOCC3)NC2)NO1. The van der Waals surface area contributed by atoms with Crippen LogP contribution in [0, 0.1) is 5.92 Å². The molecule has 4 aliphatic heterocycles. The van der Waals surface area contributed by atoms with Crippen molar-refractivity contribution in [2.45, 2.75) is 50.3 Å². The molecule has 0 aliphatic carbocycles. The largest absolute Gasteiger partial charge is 0.379 e. The van der Waals surface area contributed by atoms with Crippen LogP contribution in [0.4, 0.5) is 0 Å². The Morgan fingerprint density at radius 1 is 1.04 bits per heavy atom. The van der Waals surface area contributed by atoms with Gasteiger partial charge in [0.15, 0.2) is 0 Å². The Bertz CT molecular complexity index is 385. The Kier molecular flexibility index (Phi) is 5.15. The molecule has 0 saturated carbocycles. The molecule has 0 radical (unpaired) electrons. The second-order valence-corrected chi connectivity index (χ2v) is 7.40. The van der Waals surface area contributed by atoms with E-state index in [0.29, 0.717) is 18.1 Å². The van der Waals surface area contributed by atoms with Gasteiger partial charge in [-0.3, -0.25) is 20.0 Å². The fourth-order valence-corrected chi connectivity index (χ4v) is 4.48. The number of rotatable bonds is 3. The van der Waals surface area contributed by atoms with E-state index in [2.05, 4.69) is 33.0 Å². The van der Waals surface area contributed by atoms with Crippen LogP contribution >= 0.6 is 0 Å². The van der Waals surface area contributed by atoms with E-state index in [1.165, 1.54) is 32.2 Å². The Morgan fingerprint density at radius 3 is 2.61 bits per heavy atom. The van der Waals surface area contributed by atoms with Crippen LogP contribution in [0.2, 0.25) is 0 Å². The van der Waals surface area contributed by atoms with Gasteiger partial charge in [-0.25, -0.2) is 0 Å². The van der Waals surface area contributed by atoms with Crippen LogP contribution in [-0.4, -0.2) is 80.8 Å². The summed E-state index contributed by atoms with van der Waals surface area (Å²) in [6.07, 6.45) is 5.87. The van der Waals surface area contributed by atoms with Crippen molar-refractivity contribution in [3.63, 3.8) is 0 Å². The third kappa shape index (κ3) is 3.56. The minimum absolute atomic E-state index is 0.129. The molecule has 4 aliphatic rings. The number of nitrogens with zero attached hydrogens (tertiary/aromatic N) is 2. The third-order valence-corrected chi connectivity index (χ3v) is 5.98. The highest BCUT2D eigenvalue weighted by Crippen LogP contribution is 2.25. The molecule has 7 heteroatoms. The van der Waals surface area contributed by atoms with Crippen LogP contribution in [0.3, 0.4) is 0 Å². The zero-order chi connectivity index (χ0) is 15.6. The summed E-state index contributed by atoms with van der Waals surface area (Å²) in [5, 5.41) is 7.41. The van der Waals surface area contributed by atoms with Crippen LogP contribution < -0.4 is 16.1 Å². The molecule has 7 nitrogen and oxygen atoms in total. The van der Waals surface area contributed by atoms with Crippen LogP contribution in [0.25, 0.3) is 0 Å². The van der Waals surface area contributed by atoms with Crippen molar-refractivity contribution >= 4 is 0 Å². The van der Waals surface area contributed by atoms with Gasteiger partial charge in [-0.1, -0.05) is 0 Å². The van der Waals surface area contributed by atoms with Gasteiger partial charge in [-0.2, -0.15) is 5.48 Å². The zero-order valence-corrected chi connectivity index (χ0v) is 14.2. The monoisotopic (exact) mass is 325 g/mol. The van der Waals surface area contributed by atoms with Gasteiger partial charge < -0.3 is 10.1 Å². The number of hydrogen-bond acceptors (Lipinski definition) is 7. The van der Waals surface area contributed by atoms with E-state index in [-0.39, 0.29) is 12.4 Å². The lowest BCUT2D eigenvalue weighted by Crippen LogP contribution is -2.57. The van der Waals surface area contributed by atoms with Crippen molar-refractivity contribution in [1.82, 2.24) is 25.9 Å². The molecule has 0 spiro atoms. The lowest BCUT2D eigenvalue weighted by atomic mass is 9.94. The number of likely N-dealkylation sites (N-methyl/N-ethyl adjacent to an activating group) is 1. The summed E-state index contributed by atoms with van der Waals surface area (Å²) in [4.78, 5) is 10.8. The topological polar surface area (TPSA) is 61.0 Å². The van der Waals surface area contributed by atoms with Gasteiger partial charge in [0.05, 0.1) is 31.6 Å². The van der Waals surface area contributed by atoms with Crippen LogP contribution in [0.15, 0.2) is 0 Å². The summed E-state index contributed by atoms with van der Waals surface area (Å²) < 4.78 is 5.45. The maximum atomic E-state index is 5.86. The summed E-state index contributed by atoms with van der Waals surface area (Å²) in [6.45, 7) is 6.09. The molecule has 132 valence electrons. The number of hydrogen-bond donors (Lipinski definition) is 3. The highest BCUT2D eigenvalue weighted by Gasteiger charge is 2.39. The van der Waals surface area contributed by atoms with Gasteiger partial charge in [0.25, 0.3) is 0 Å². The smallest absolute Gasteiger partial charge is 0.146 e. The van der Waals surface area contributed by atoms with Gasteiger partial charge in [-0.15, -0.1) is 0 Å². The number of hydroxylamine groups is 1. The van der Waals surface area contributed by atoms with Crippen LogP contribution in [0.1, 0.15) is 25.7 Å². The quantitative estimate of drug-likeness (QED) is 0.648. The summed E-state index contributed by atoms with van der Waals surface area (Å²) >= 11 is 0. The summed E-state index contributed by atoms with van der Waals surface area (Å²) in [7, 11) is 2.20. The zero-order valence-electron chi connectivity index (χ0n) is 14.2. The predicted octanol–water partition coefficient (Wildman–Crippen LogP) is -0.485. The maximum Gasteiger partial charge on any atom is 0.146 e. The van der Waals surface area contributed by atoms with Crippen molar-refractivity contribution < 1.29 is 9.57 Å². The second-order valence-electron chi connectivity index (χ2n) is 7.40. The van der Waals surface area contributed by atoms with E-state index in [4.69, 9.17) is 9.57 Å². The lowest BCUT2D eigenvalue weighted by Gasteiger charge is -2.40. The maximum absolute atomic E-state index is 5.86. The van der Waals surface area contributed by atoms with Gasteiger partial charge in [0.2, 0.25) is 0 Å². The highest BCUT2D eigenvalue weighted by molar-refractivity contribution is 4.91. The molecular formula is C16H31N5O2. The molecule has 3 N–H and O–H groups in total.